The molecule has 0 saturated carbocycles. The van der Waals surface area contributed by atoms with Crippen molar-refractivity contribution in [3.63, 3.8) is 0 Å². The first kappa shape index (κ1) is 12.0. The van der Waals surface area contributed by atoms with E-state index in [0.29, 0.717) is 6.04 Å². The first-order valence-electron chi connectivity index (χ1n) is 5.93. The summed E-state index contributed by atoms with van der Waals surface area (Å²) >= 11 is 0. The van der Waals surface area contributed by atoms with Gasteiger partial charge >= 0.3 is 0 Å². The molecule has 3 nitrogen and oxygen atoms in total. The Morgan fingerprint density at radius 2 is 2.36 bits per heavy atom. The van der Waals surface area contributed by atoms with E-state index in [-0.39, 0.29) is 0 Å². The van der Waals surface area contributed by atoms with Gasteiger partial charge in [-0.15, -0.1) is 0 Å². The Balaban J connectivity index is 2.27. The Labute approximate surface area is 88.0 Å². The van der Waals surface area contributed by atoms with Crippen LogP contribution >= 0.6 is 0 Å². The molecule has 0 aromatic carbocycles. The molecule has 1 fully saturated rings. The molecule has 0 aliphatic carbocycles. The van der Waals surface area contributed by atoms with Crippen LogP contribution in [0.4, 0.5) is 0 Å². The van der Waals surface area contributed by atoms with E-state index in [4.69, 9.17) is 5.73 Å². The Bertz CT molecular complexity index is 149. The molecule has 3 N–H and O–H groups in total. The normalized spacial score (nSPS) is 26.4. The number of hydrogen-bond acceptors (Lipinski definition) is 3. The summed E-state index contributed by atoms with van der Waals surface area (Å²) < 4.78 is 0. The lowest BCUT2D eigenvalue weighted by Crippen LogP contribution is -2.45. The zero-order valence-corrected chi connectivity index (χ0v) is 9.63. The molecule has 1 aliphatic heterocycles. The fourth-order valence-corrected chi connectivity index (χ4v) is 2.26. The maximum Gasteiger partial charge on any atom is 0.00797 e. The molecule has 2 unspecified atom stereocenters. The number of nitrogens with one attached hydrogen (secondary N) is 1. The topological polar surface area (TPSA) is 41.3 Å². The summed E-state index contributed by atoms with van der Waals surface area (Å²) in [5, 5.41) is 3.49. The van der Waals surface area contributed by atoms with Crippen LogP contribution in [0.2, 0.25) is 0 Å². The summed E-state index contributed by atoms with van der Waals surface area (Å²) in [4.78, 5) is 2.55. The van der Waals surface area contributed by atoms with Gasteiger partial charge in [-0.2, -0.15) is 0 Å². The molecule has 0 spiro atoms. The summed E-state index contributed by atoms with van der Waals surface area (Å²) in [7, 11) is 0. The van der Waals surface area contributed by atoms with Crippen LogP contribution in [-0.4, -0.2) is 43.7 Å². The molecule has 2 atom stereocenters. The first-order chi connectivity index (χ1) is 6.77. The number of nitrogens with zero attached hydrogens (tertiary/aromatic N) is 1. The van der Waals surface area contributed by atoms with Crippen LogP contribution in [0.1, 0.15) is 26.7 Å². The lowest BCUT2D eigenvalue weighted by Gasteiger charge is -2.35. The van der Waals surface area contributed by atoms with Gasteiger partial charge in [0, 0.05) is 25.7 Å². The van der Waals surface area contributed by atoms with E-state index in [1.807, 2.05) is 0 Å². The highest BCUT2D eigenvalue weighted by atomic mass is 15.1. The molecule has 0 bridgehead atoms. The second-order valence-electron chi connectivity index (χ2n) is 4.33. The SMILES string of the molecule is CCN1CCCC(C(C)NCCN)C1. The zero-order chi connectivity index (χ0) is 10.4. The Morgan fingerprint density at radius 3 is 3.00 bits per heavy atom. The monoisotopic (exact) mass is 199 g/mol. The van der Waals surface area contributed by atoms with E-state index in [1.54, 1.807) is 0 Å². The molecule has 3 heteroatoms. The third kappa shape index (κ3) is 3.56. The van der Waals surface area contributed by atoms with Crippen molar-refractivity contribution in [3.05, 3.63) is 0 Å². The largest absolute Gasteiger partial charge is 0.329 e. The van der Waals surface area contributed by atoms with Crippen LogP contribution in [0.25, 0.3) is 0 Å². The maximum absolute atomic E-state index is 5.49. The molecule has 0 amide bonds. The molecular formula is C11H25N3. The summed E-state index contributed by atoms with van der Waals surface area (Å²) in [6, 6.07) is 0.618. The highest BCUT2D eigenvalue weighted by molar-refractivity contribution is 4.79. The third-order valence-electron chi connectivity index (χ3n) is 3.31. The quantitative estimate of drug-likeness (QED) is 0.683. The van der Waals surface area contributed by atoms with E-state index in [9.17, 15) is 0 Å². The highest BCUT2D eigenvalue weighted by Crippen LogP contribution is 2.19. The van der Waals surface area contributed by atoms with E-state index < -0.39 is 0 Å². The second kappa shape index (κ2) is 6.38. The highest BCUT2D eigenvalue weighted by Gasteiger charge is 2.22. The van der Waals surface area contributed by atoms with Gasteiger partial charge in [0.25, 0.3) is 0 Å². The molecule has 1 heterocycles. The minimum absolute atomic E-state index is 0.618. The van der Waals surface area contributed by atoms with E-state index in [0.717, 1.165) is 19.0 Å². The number of nitrogens with two attached hydrogens (primary N) is 1. The zero-order valence-electron chi connectivity index (χ0n) is 9.63. The summed E-state index contributed by atoms with van der Waals surface area (Å²) in [5.74, 6) is 0.815. The Kier molecular flexibility index (Phi) is 5.45. The van der Waals surface area contributed by atoms with E-state index >= 15 is 0 Å². The van der Waals surface area contributed by atoms with Crippen molar-refractivity contribution >= 4 is 0 Å². The number of likely N-dealkylation sites (tertiary alicyclic amines) is 1. The van der Waals surface area contributed by atoms with Crippen LogP contribution in [0, 0.1) is 5.92 Å². The van der Waals surface area contributed by atoms with Crippen LogP contribution in [0.15, 0.2) is 0 Å². The average Bonchev–Trinajstić information content (AvgIpc) is 2.26. The molecule has 0 aromatic heterocycles. The molecule has 1 saturated heterocycles. The molecule has 84 valence electrons. The fraction of sp³-hybridized carbons (Fsp3) is 1.00. The third-order valence-corrected chi connectivity index (χ3v) is 3.31. The van der Waals surface area contributed by atoms with E-state index in [2.05, 4.69) is 24.1 Å². The summed E-state index contributed by atoms with van der Waals surface area (Å²) in [6.07, 6.45) is 2.72. The van der Waals surface area contributed by atoms with Gasteiger partial charge in [0.1, 0.15) is 0 Å². The van der Waals surface area contributed by atoms with Crippen molar-refractivity contribution in [2.24, 2.45) is 11.7 Å². The second-order valence-corrected chi connectivity index (χ2v) is 4.33. The minimum Gasteiger partial charge on any atom is -0.329 e. The van der Waals surface area contributed by atoms with Crippen molar-refractivity contribution in [2.45, 2.75) is 32.7 Å². The minimum atomic E-state index is 0.618. The van der Waals surface area contributed by atoms with Crippen molar-refractivity contribution in [3.8, 4) is 0 Å². The van der Waals surface area contributed by atoms with Gasteiger partial charge in [-0.3, -0.25) is 0 Å². The van der Waals surface area contributed by atoms with Crippen molar-refractivity contribution in [1.29, 1.82) is 0 Å². The smallest absolute Gasteiger partial charge is 0.00797 e. The first-order valence-corrected chi connectivity index (χ1v) is 5.93. The van der Waals surface area contributed by atoms with Gasteiger partial charge in [-0.25, -0.2) is 0 Å². The van der Waals surface area contributed by atoms with Crippen LogP contribution in [-0.2, 0) is 0 Å². The molecule has 0 radical (unpaired) electrons. The Hall–Kier alpha value is -0.120. The summed E-state index contributed by atoms with van der Waals surface area (Å²) in [5.41, 5.74) is 5.49. The number of piperidine rings is 1. The van der Waals surface area contributed by atoms with Crippen molar-refractivity contribution in [2.75, 3.05) is 32.7 Å². The average molecular weight is 199 g/mol. The number of rotatable bonds is 5. The molecule has 0 aromatic rings. The predicted molar refractivity (Wildman–Crippen MR) is 61.4 cm³/mol. The predicted octanol–water partition coefficient (Wildman–Crippen LogP) is 0.655. The molecule has 1 aliphatic rings. The van der Waals surface area contributed by atoms with E-state index in [1.165, 1.54) is 32.5 Å². The molecule has 14 heavy (non-hydrogen) atoms. The Morgan fingerprint density at radius 1 is 1.57 bits per heavy atom. The van der Waals surface area contributed by atoms with Crippen molar-refractivity contribution < 1.29 is 0 Å². The molecule has 1 rings (SSSR count). The lowest BCUT2D eigenvalue weighted by atomic mass is 9.91. The van der Waals surface area contributed by atoms with Crippen LogP contribution in [0.5, 0.6) is 0 Å². The lowest BCUT2D eigenvalue weighted by molar-refractivity contribution is 0.158. The standard InChI is InChI=1S/C11H25N3/c1-3-14-8-4-5-11(9-14)10(2)13-7-6-12/h10-11,13H,3-9,12H2,1-2H3. The van der Waals surface area contributed by atoms with Crippen LogP contribution < -0.4 is 11.1 Å². The van der Waals surface area contributed by atoms with Gasteiger partial charge in [0.2, 0.25) is 0 Å². The van der Waals surface area contributed by atoms with Gasteiger partial charge < -0.3 is 16.0 Å². The molecular weight excluding hydrogens is 174 g/mol. The van der Waals surface area contributed by atoms with Gasteiger partial charge in [-0.1, -0.05) is 6.92 Å². The van der Waals surface area contributed by atoms with Crippen LogP contribution in [0.3, 0.4) is 0 Å². The van der Waals surface area contributed by atoms with Gasteiger partial charge in [0.15, 0.2) is 0 Å². The van der Waals surface area contributed by atoms with Gasteiger partial charge in [-0.05, 0) is 38.8 Å². The number of hydrogen-bond donors (Lipinski definition) is 2. The maximum atomic E-state index is 5.49. The summed E-state index contributed by atoms with van der Waals surface area (Å²) in [6.45, 7) is 9.98. The van der Waals surface area contributed by atoms with Gasteiger partial charge in [0.05, 0.1) is 0 Å². The fourth-order valence-electron chi connectivity index (χ4n) is 2.26. The van der Waals surface area contributed by atoms with Crippen molar-refractivity contribution in [1.82, 2.24) is 10.2 Å².